The molecule has 11 nitrogen and oxygen atoms in total. The Bertz CT molecular complexity index is 1810. The van der Waals surface area contributed by atoms with Crippen LogP contribution in [0.5, 0.6) is 0 Å². The van der Waals surface area contributed by atoms with Crippen molar-refractivity contribution in [3.63, 3.8) is 0 Å². The van der Waals surface area contributed by atoms with Crippen LogP contribution in [0, 0.1) is 0 Å². The number of aliphatic hydroxyl groups is 1. The zero-order chi connectivity index (χ0) is 37.8. The van der Waals surface area contributed by atoms with Crippen LogP contribution in [0.1, 0.15) is 68.2 Å². The van der Waals surface area contributed by atoms with Gasteiger partial charge in [-0.2, -0.15) is 0 Å². The van der Waals surface area contributed by atoms with E-state index < -0.39 is 41.7 Å². The number of ether oxygens (including phenoxy) is 2. The Hall–Kier alpha value is -5.68. The van der Waals surface area contributed by atoms with Crippen molar-refractivity contribution in [2.24, 2.45) is 0 Å². The second kappa shape index (κ2) is 18.2. The van der Waals surface area contributed by atoms with Gasteiger partial charge in [-0.25, -0.2) is 9.59 Å². The standard InChI is InChI=1S/C42H48N4O7/c1-42(2,3)53-40(50)43-24-12-11-19-36(38(48)44-30-22-20-29(26-47)21-23-30)45-39(49)37(25-28-13-5-4-6-14-28)46-41(51)52-27-35-33-17-9-7-15-31(33)32-16-8-10-18-34(32)35/h4-10,13-18,20-23,35-37,47H,11-12,19,24-27H2,1-3H3,(H,43,50)(H,44,48)(H,45,49)(H,46,51)/t36-,37-/m1/s1. The molecule has 2 atom stereocenters. The Morgan fingerprint density at radius 2 is 1.32 bits per heavy atom. The molecule has 0 bridgehead atoms. The lowest BCUT2D eigenvalue weighted by Gasteiger charge is -2.24. The van der Waals surface area contributed by atoms with E-state index in [9.17, 15) is 24.3 Å². The van der Waals surface area contributed by atoms with E-state index in [-0.39, 0.29) is 32.0 Å². The fourth-order valence-electron chi connectivity index (χ4n) is 6.28. The number of amides is 4. The molecule has 4 amide bonds. The van der Waals surface area contributed by atoms with Crippen molar-refractivity contribution in [2.45, 2.75) is 76.7 Å². The van der Waals surface area contributed by atoms with Crippen LogP contribution in [0.2, 0.25) is 0 Å². The number of benzene rings is 4. The van der Waals surface area contributed by atoms with Crippen LogP contribution >= 0.6 is 0 Å². The fourth-order valence-corrected chi connectivity index (χ4v) is 6.28. The number of carbonyl (C=O) groups is 4. The summed E-state index contributed by atoms with van der Waals surface area (Å²) in [5, 5.41) is 20.6. The van der Waals surface area contributed by atoms with Gasteiger partial charge in [0.1, 0.15) is 24.3 Å². The highest BCUT2D eigenvalue weighted by Gasteiger charge is 2.31. The average molecular weight is 721 g/mol. The quantitative estimate of drug-likeness (QED) is 0.0885. The van der Waals surface area contributed by atoms with Gasteiger partial charge in [0, 0.05) is 24.6 Å². The highest BCUT2D eigenvalue weighted by atomic mass is 16.6. The minimum Gasteiger partial charge on any atom is -0.449 e. The minimum atomic E-state index is -1.05. The van der Waals surface area contributed by atoms with Gasteiger partial charge in [0.05, 0.1) is 6.61 Å². The van der Waals surface area contributed by atoms with Crippen LogP contribution in [0.4, 0.5) is 15.3 Å². The molecule has 5 rings (SSSR count). The van der Waals surface area contributed by atoms with Crippen LogP contribution in [0.15, 0.2) is 103 Å². The molecule has 278 valence electrons. The summed E-state index contributed by atoms with van der Waals surface area (Å²) in [6, 6.07) is 30.1. The molecule has 0 aromatic heterocycles. The first-order valence-corrected chi connectivity index (χ1v) is 17.9. The molecule has 0 unspecified atom stereocenters. The number of carbonyl (C=O) groups excluding carboxylic acids is 4. The summed E-state index contributed by atoms with van der Waals surface area (Å²) < 4.78 is 11.1. The van der Waals surface area contributed by atoms with Gasteiger partial charge >= 0.3 is 12.2 Å². The van der Waals surface area contributed by atoms with Gasteiger partial charge in [-0.05, 0) is 85.5 Å². The molecule has 0 radical (unpaired) electrons. The van der Waals surface area contributed by atoms with Gasteiger partial charge in [-0.15, -0.1) is 0 Å². The Balaban J connectivity index is 1.26. The van der Waals surface area contributed by atoms with E-state index >= 15 is 0 Å². The molecular formula is C42H48N4O7. The second-order valence-corrected chi connectivity index (χ2v) is 14.0. The van der Waals surface area contributed by atoms with Crippen molar-refractivity contribution in [3.05, 3.63) is 125 Å². The number of nitrogens with one attached hydrogen (secondary N) is 4. The van der Waals surface area contributed by atoms with E-state index in [2.05, 4.69) is 33.4 Å². The summed E-state index contributed by atoms with van der Waals surface area (Å²) in [7, 11) is 0. The summed E-state index contributed by atoms with van der Waals surface area (Å²) in [6.07, 6.45) is 0.144. The number of alkyl carbamates (subject to hydrolysis) is 2. The summed E-state index contributed by atoms with van der Waals surface area (Å²) >= 11 is 0. The number of rotatable bonds is 15. The highest BCUT2D eigenvalue weighted by Crippen LogP contribution is 2.44. The van der Waals surface area contributed by atoms with Crippen molar-refractivity contribution in [2.75, 3.05) is 18.5 Å². The van der Waals surface area contributed by atoms with Crippen molar-refractivity contribution in [1.29, 1.82) is 0 Å². The largest absolute Gasteiger partial charge is 0.449 e. The highest BCUT2D eigenvalue weighted by molar-refractivity contribution is 5.98. The summed E-state index contributed by atoms with van der Waals surface area (Å²) in [5.41, 5.74) is 5.72. The minimum absolute atomic E-state index is 0.0803. The van der Waals surface area contributed by atoms with Crippen molar-refractivity contribution in [1.82, 2.24) is 16.0 Å². The molecule has 0 fully saturated rings. The average Bonchev–Trinajstić information content (AvgIpc) is 3.46. The Morgan fingerprint density at radius 1 is 0.698 bits per heavy atom. The monoisotopic (exact) mass is 720 g/mol. The third kappa shape index (κ3) is 11.2. The van der Waals surface area contributed by atoms with Crippen LogP contribution in [-0.4, -0.2) is 59.9 Å². The van der Waals surface area contributed by atoms with E-state index in [1.54, 1.807) is 45.0 Å². The zero-order valence-corrected chi connectivity index (χ0v) is 30.4. The van der Waals surface area contributed by atoms with Gasteiger partial charge in [-0.3, -0.25) is 9.59 Å². The van der Waals surface area contributed by atoms with Gasteiger partial charge in [0.25, 0.3) is 0 Å². The first-order valence-electron chi connectivity index (χ1n) is 17.9. The number of anilines is 1. The third-order valence-electron chi connectivity index (χ3n) is 8.86. The van der Waals surface area contributed by atoms with Crippen molar-refractivity contribution < 1.29 is 33.8 Å². The maximum absolute atomic E-state index is 14.0. The third-order valence-corrected chi connectivity index (χ3v) is 8.86. The van der Waals surface area contributed by atoms with E-state index in [0.717, 1.165) is 27.8 Å². The lowest BCUT2D eigenvalue weighted by molar-refractivity contribution is -0.128. The van der Waals surface area contributed by atoms with E-state index in [4.69, 9.17) is 9.47 Å². The summed E-state index contributed by atoms with van der Waals surface area (Å²) in [6.45, 7) is 5.61. The van der Waals surface area contributed by atoms with Gasteiger partial charge in [0.15, 0.2) is 0 Å². The maximum atomic E-state index is 14.0. The molecule has 11 heteroatoms. The number of hydrogen-bond acceptors (Lipinski definition) is 7. The zero-order valence-electron chi connectivity index (χ0n) is 30.4. The van der Waals surface area contributed by atoms with Crippen LogP contribution in [-0.2, 0) is 32.1 Å². The molecule has 0 aliphatic heterocycles. The lowest BCUT2D eigenvalue weighted by Crippen LogP contribution is -2.53. The predicted molar refractivity (Wildman–Crippen MR) is 203 cm³/mol. The molecule has 0 heterocycles. The first-order chi connectivity index (χ1) is 25.5. The first kappa shape index (κ1) is 38.5. The van der Waals surface area contributed by atoms with Gasteiger partial charge in [0.2, 0.25) is 11.8 Å². The Kier molecular flexibility index (Phi) is 13.2. The molecule has 1 aliphatic rings. The lowest BCUT2D eigenvalue weighted by atomic mass is 9.98. The number of aliphatic hydroxyl groups excluding tert-OH is 1. The topological polar surface area (TPSA) is 155 Å². The normalized spacial score (nSPS) is 13.1. The number of unbranched alkanes of at least 4 members (excludes halogenated alkanes) is 1. The molecular weight excluding hydrogens is 672 g/mol. The Morgan fingerprint density at radius 3 is 1.94 bits per heavy atom. The Labute approximate surface area is 310 Å². The van der Waals surface area contributed by atoms with E-state index in [0.29, 0.717) is 30.6 Å². The summed E-state index contributed by atoms with van der Waals surface area (Å²) in [5.74, 6) is -1.15. The number of hydrogen-bond donors (Lipinski definition) is 5. The molecule has 1 aliphatic carbocycles. The van der Waals surface area contributed by atoms with Crippen LogP contribution in [0.3, 0.4) is 0 Å². The molecule has 4 aromatic carbocycles. The van der Waals surface area contributed by atoms with Crippen molar-refractivity contribution >= 4 is 29.7 Å². The molecule has 5 N–H and O–H groups in total. The molecule has 4 aromatic rings. The molecule has 53 heavy (non-hydrogen) atoms. The maximum Gasteiger partial charge on any atom is 0.407 e. The van der Waals surface area contributed by atoms with Gasteiger partial charge in [-0.1, -0.05) is 91.0 Å². The molecule has 0 spiro atoms. The molecule has 0 saturated heterocycles. The van der Waals surface area contributed by atoms with Crippen molar-refractivity contribution in [3.8, 4) is 11.1 Å². The number of fused-ring (bicyclic) bond motifs is 3. The fraction of sp³-hybridized carbons (Fsp3) is 0.333. The van der Waals surface area contributed by atoms with Crippen LogP contribution < -0.4 is 21.3 Å². The second-order valence-electron chi connectivity index (χ2n) is 14.0. The SMILES string of the molecule is CC(C)(C)OC(=O)NCCCC[C@@H](NC(=O)[C@@H](Cc1ccccc1)NC(=O)OCC1c2ccccc2-c2ccccc21)C(=O)Nc1ccc(CO)cc1. The van der Waals surface area contributed by atoms with E-state index in [1.807, 2.05) is 66.7 Å². The smallest absolute Gasteiger partial charge is 0.407 e. The summed E-state index contributed by atoms with van der Waals surface area (Å²) in [4.78, 5) is 53.0. The van der Waals surface area contributed by atoms with Gasteiger partial charge < -0.3 is 35.8 Å². The molecule has 0 saturated carbocycles. The van der Waals surface area contributed by atoms with E-state index in [1.165, 1.54) is 0 Å². The predicted octanol–water partition coefficient (Wildman–Crippen LogP) is 6.45. The van der Waals surface area contributed by atoms with Crippen LogP contribution in [0.25, 0.3) is 11.1 Å².